The van der Waals surface area contributed by atoms with Crippen molar-refractivity contribution in [3.8, 4) is 5.75 Å². The Kier molecular flexibility index (Phi) is 8.39. The number of ether oxygens (including phenoxy) is 2. The van der Waals surface area contributed by atoms with Gasteiger partial charge < -0.3 is 20.1 Å². The summed E-state index contributed by atoms with van der Waals surface area (Å²) in [5.41, 5.74) is 1.64. The summed E-state index contributed by atoms with van der Waals surface area (Å²) in [6.45, 7) is 0.435. The van der Waals surface area contributed by atoms with Gasteiger partial charge in [0.1, 0.15) is 24.0 Å². The molecule has 0 bridgehead atoms. The lowest BCUT2D eigenvalue weighted by Gasteiger charge is -2.06. The first-order chi connectivity index (χ1) is 15.1. The van der Waals surface area contributed by atoms with Gasteiger partial charge in [0.2, 0.25) is 10.9 Å². The number of hydrogen-bond donors (Lipinski definition) is 2. The van der Waals surface area contributed by atoms with Crippen LogP contribution in [-0.2, 0) is 22.7 Å². The van der Waals surface area contributed by atoms with E-state index in [1.165, 1.54) is 4.90 Å². The Bertz CT molecular complexity index is 1010. The largest absolute Gasteiger partial charge is 0.497 e. The van der Waals surface area contributed by atoms with Gasteiger partial charge in [-0.25, -0.2) is 0 Å². The summed E-state index contributed by atoms with van der Waals surface area (Å²) in [6.07, 6.45) is 2.02. The van der Waals surface area contributed by atoms with Gasteiger partial charge in [0.25, 0.3) is 5.91 Å². The zero-order chi connectivity index (χ0) is 22.1. The summed E-state index contributed by atoms with van der Waals surface area (Å²) in [4.78, 5) is 25.4. The molecule has 1 heterocycles. The molecule has 0 aliphatic rings. The topological polar surface area (TPSA) is 102 Å². The molecular weight excluding hydrogens is 436 g/mol. The van der Waals surface area contributed by atoms with Crippen LogP contribution in [0.1, 0.15) is 20.4 Å². The molecule has 31 heavy (non-hydrogen) atoms. The number of benzene rings is 2. The van der Waals surface area contributed by atoms with Crippen molar-refractivity contribution in [3.63, 3.8) is 0 Å². The first kappa shape index (κ1) is 22.7. The summed E-state index contributed by atoms with van der Waals surface area (Å²) in [6, 6.07) is 15.0. The van der Waals surface area contributed by atoms with Crippen LogP contribution < -0.4 is 15.4 Å². The highest BCUT2D eigenvalue weighted by molar-refractivity contribution is 7.98. The molecule has 2 N–H and O–H groups in total. The molecule has 162 valence electrons. The van der Waals surface area contributed by atoms with Gasteiger partial charge in [0, 0.05) is 17.1 Å². The summed E-state index contributed by atoms with van der Waals surface area (Å²) in [5.74, 6) is 0.112. The third-order valence-electron chi connectivity index (χ3n) is 4.12. The number of carbonyl (C=O) groups is 2. The number of aromatic nitrogens is 2. The van der Waals surface area contributed by atoms with Gasteiger partial charge in [0.05, 0.1) is 7.11 Å². The second-order valence-electron chi connectivity index (χ2n) is 6.30. The van der Waals surface area contributed by atoms with Crippen LogP contribution in [0.15, 0.2) is 53.4 Å². The van der Waals surface area contributed by atoms with Crippen molar-refractivity contribution in [2.75, 3.05) is 25.3 Å². The molecule has 1 aromatic heterocycles. The number of methoxy groups -OCH3 is 1. The van der Waals surface area contributed by atoms with Gasteiger partial charge in [0.15, 0.2) is 0 Å². The normalized spacial score (nSPS) is 10.5. The molecule has 8 nitrogen and oxygen atoms in total. The van der Waals surface area contributed by atoms with E-state index in [2.05, 4.69) is 20.8 Å². The van der Waals surface area contributed by atoms with Gasteiger partial charge in [-0.05, 0) is 48.2 Å². The van der Waals surface area contributed by atoms with Crippen LogP contribution in [-0.4, -0.2) is 42.0 Å². The van der Waals surface area contributed by atoms with Crippen LogP contribution in [0, 0.1) is 0 Å². The quantitative estimate of drug-likeness (QED) is 0.449. The highest BCUT2D eigenvalue weighted by atomic mass is 32.2. The zero-order valence-electron chi connectivity index (χ0n) is 17.1. The van der Waals surface area contributed by atoms with Crippen LogP contribution >= 0.6 is 23.1 Å². The van der Waals surface area contributed by atoms with E-state index in [-0.39, 0.29) is 30.0 Å². The number of rotatable bonds is 10. The summed E-state index contributed by atoms with van der Waals surface area (Å²) in [5, 5.41) is 14.1. The molecule has 0 aliphatic heterocycles. The second-order valence-corrected chi connectivity index (χ2v) is 8.24. The van der Waals surface area contributed by atoms with E-state index < -0.39 is 0 Å². The average Bonchev–Trinajstić information content (AvgIpc) is 3.27. The lowest BCUT2D eigenvalue weighted by Crippen LogP contribution is -2.27. The fourth-order valence-electron chi connectivity index (χ4n) is 2.49. The molecule has 0 spiro atoms. The number of nitrogens with one attached hydrogen (secondary N) is 2. The Morgan fingerprint density at radius 3 is 2.48 bits per heavy atom. The maximum absolute atomic E-state index is 12.3. The van der Waals surface area contributed by atoms with Crippen LogP contribution in [0.4, 0.5) is 5.69 Å². The van der Waals surface area contributed by atoms with Gasteiger partial charge in [-0.15, -0.1) is 22.0 Å². The van der Waals surface area contributed by atoms with E-state index >= 15 is 0 Å². The predicted molar refractivity (Wildman–Crippen MR) is 121 cm³/mol. The highest BCUT2D eigenvalue weighted by Crippen LogP contribution is 2.18. The smallest absolute Gasteiger partial charge is 0.286 e. The minimum absolute atomic E-state index is 0.101. The molecule has 0 fully saturated rings. The number of anilines is 1. The van der Waals surface area contributed by atoms with Crippen molar-refractivity contribution >= 4 is 40.6 Å². The monoisotopic (exact) mass is 458 g/mol. The van der Waals surface area contributed by atoms with Crippen LogP contribution in [0.3, 0.4) is 0 Å². The van der Waals surface area contributed by atoms with E-state index in [4.69, 9.17) is 9.47 Å². The molecule has 3 rings (SSSR count). The molecule has 2 amide bonds. The Morgan fingerprint density at radius 1 is 1.06 bits per heavy atom. The van der Waals surface area contributed by atoms with Crippen molar-refractivity contribution in [1.82, 2.24) is 15.5 Å². The van der Waals surface area contributed by atoms with E-state index in [1.54, 1.807) is 43.1 Å². The standard InChI is InChI=1S/C21H22N4O4S2/c1-28-16-7-5-15(6-8-16)23-20(27)21-25-24-19(31-21)13-29-12-18(26)22-11-14-3-9-17(30-2)10-4-14/h3-10H,11-13H2,1-2H3,(H,22,26)(H,23,27). The summed E-state index contributed by atoms with van der Waals surface area (Å²) >= 11 is 2.78. The fourth-order valence-corrected chi connectivity index (χ4v) is 3.57. The Balaban J connectivity index is 1.39. The predicted octanol–water partition coefficient (Wildman–Crippen LogP) is 3.35. The molecule has 0 radical (unpaired) electrons. The molecule has 2 aromatic carbocycles. The molecule has 0 saturated heterocycles. The maximum Gasteiger partial charge on any atom is 0.286 e. The average molecular weight is 459 g/mol. The second kappa shape index (κ2) is 11.4. The third-order valence-corrected chi connectivity index (χ3v) is 5.76. The maximum atomic E-state index is 12.3. The van der Waals surface area contributed by atoms with Crippen LogP contribution in [0.5, 0.6) is 5.75 Å². The van der Waals surface area contributed by atoms with Gasteiger partial charge in [-0.1, -0.05) is 23.5 Å². The van der Waals surface area contributed by atoms with Crippen molar-refractivity contribution < 1.29 is 19.1 Å². The number of thioether (sulfide) groups is 1. The molecule has 3 aromatic rings. The van der Waals surface area contributed by atoms with Gasteiger partial charge in [-0.2, -0.15) is 0 Å². The lowest BCUT2D eigenvalue weighted by molar-refractivity contribution is -0.126. The Morgan fingerprint density at radius 2 is 1.81 bits per heavy atom. The van der Waals surface area contributed by atoms with Crippen LogP contribution in [0.2, 0.25) is 0 Å². The zero-order valence-corrected chi connectivity index (χ0v) is 18.7. The summed E-state index contributed by atoms with van der Waals surface area (Å²) in [7, 11) is 1.58. The van der Waals surface area contributed by atoms with Gasteiger partial charge >= 0.3 is 0 Å². The van der Waals surface area contributed by atoms with Crippen molar-refractivity contribution in [3.05, 3.63) is 64.1 Å². The van der Waals surface area contributed by atoms with Gasteiger partial charge in [-0.3, -0.25) is 9.59 Å². The van der Waals surface area contributed by atoms with E-state index in [1.807, 2.05) is 30.5 Å². The first-order valence-electron chi connectivity index (χ1n) is 9.32. The lowest BCUT2D eigenvalue weighted by atomic mass is 10.2. The van der Waals surface area contributed by atoms with E-state index in [0.717, 1.165) is 16.9 Å². The molecule has 0 saturated carbocycles. The number of amides is 2. The molecule has 0 atom stereocenters. The molecule has 0 unspecified atom stereocenters. The highest BCUT2D eigenvalue weighted by Gasteiger charge is 2.14. The SMILES string of the molecule is COc1ccc(NC(=O)c2nnc(COCC(=O)NCc3ccc(SC)cc3)s2)cc1. The summed E-state index contributed by atoms with van der Waals surface area (Å²) < 4.78 is 10.5. The number of nitrogens with zero attached hydrogens (tertiary/aromatic N) is 2. The first-order valence-corrected chi connectivity index (χ1v) is 11.4. The minimum atomic E-state index is -0.362. The van der Waals surface area contributed by atoms with Crippen molar-refractivity contribution in [2.24, 2.45) is 0 Å². The van der Waals surface area contributed by atoms with Crippen LogP contribution in [0.25, 0.3) is 0 Å². The molecule has 10 heteroatoms. The fraction of sp³-hybridized carbons (Fsp3) is 0.238. The molecule has 0 aliphatic carbocycles. The van der Waals surface area contributed by atoms with E-state index in [9.17, 15) is 9.59 Å². The van der Waals surface area contributed by atoms with E-state index in [0.29, 0.717) is 23.0 Å². The molecular formula is C21H22N4O4S2. The minimum Gasteiger partial charge on any atom is -0.497 e. The Labute approximate surface area is 188 Å². The van der Waals surface area contributed by atoms with Crippen molar-refractivity contribution in [2.45, 2.75) is 18.0 Å². The third kappa shape index (κ3) is 7.06. The number of hydrogen-bond acceptors (Lipinski definition) is 8. The Hall–Kier alpha value is -2.95. The van der Waals surface area contributed by atoms with Crippen molar-refractivity contribution in [1.29, 1.82) is 0 Å². The number of carbonyl (C=O) groups excluding carboxylic acids is 2.